The van der Waals surface area contributed by atoms with E-state index in [-0.39, 0.29) is 0 Å². The van der Waals surface area contributed by atoms with Crippen LogP contribution >= 0.6 is 8.58 Å². The van der Waals surface area contributed by atoms with Gasteiger partial charge in [0.05, 0.1) is 0 Å². The number of hydrogen-bond donors (Lipinski definition) is 0. The number of rotatable bonds is 1. The fourth-order valence-corrected chi connectivity index (χ4v) is 6.58. The van der Waals surface area contributed by atoms with Crippen LogP contribution in [0.25, 0.3) is 0 Å². The summed E-state index contributed by atoms with van der Waals surface area (Å²) in [6.45, 7) is 9.52. The van der Waals surface area contributed by atoms with Gasteiger partial charge in [0.15, 0.2) is 0 Å². The van der Waals surface area contributed by atoms with Gasteiger partial charge in [-0.1, -0.05) is 91.9 Å². The maximum absolute atomic E-state index is 2.68. The first-order valence-electron chi connectivity index (χ1n) is 10.9. The van der Waals surface area contributed by atoms with Gasteiger partial charge < -0.3 is 0 Å². The van der Waals surface area contributed by atoms with Gasteiger partial charge in [-0.25, -0.2) is 0 Å². The Hall–Kier alpha value is 0.430. The zero-order valence-corrected chi connectivity index (χ0v) is 17.8. The summed E-state index contributed by atoms with van der Waals surface area (Å²) in [4.78, 5) is 0. The molecule has 0 amide bonds. The van der Waals surface area contributed by atoms with Crippen LogP contribution in [0.3, 0.4) is 0 Å². The molecule has 3 atom stereocenters. The van der Waals surface area contributed by atoms with E-state index in [2.05, 4.69) is 27.7 Å². The Balaban J connectivity index is 0.000000816. The van der Waals surface area contributed by atoms with Crippen molar-refractivity contribution in [2.24, 2.45) is 11.8 Å². The molecule has 1 saturated carbocycles. The molecule has 0 bridgehead atoms. The summed E-state index contributed by atoms with van der Waals surface area (Å²) in [5.41, 5.74) is 0. The van der Waals surface area contributed by atoms with Gasteiger partial charge in [-0.15, -0.1) is 8.58 Å². The molecule has 0 radical (unpaired) electrons. The fourth-order valence-electron chi connectivity index (χ4n) is 4.54. The first-order valence-corrected chi connectivity index (χ1v) is 12.1. The van der Waals surface area contributed by atoms with Gasteiger partial charge in [-0.2, -0.15) is 0 Å². The topological polar surface area (TPSA) is 0 Å². The lowest BCUT2D eigenvalue weighted by atomic mass is 9.76. The van der Waals surface area contributed by atoms with Crippen molar-refractivity contribution in [2.45, 2.75) is 123 Å². The van der Waals surface area contributed by atoms with Crippen LogP contribution in [0.4, 0.5) is 0 Å². The summed E-state index contributed by atoms with van der Waals surface area (Å²) in [6, 6.07) is 0. The highest BCUT2D eigenvalue weighted by Crippen LogP contribution is 2.50. The van der Waals surface area contributed by atoms with Gasteiger partial charge in [0.1, 0.15) is 0 Å². The Morgan fingerprint density at radius 3 is 1.74 bits per heavy atom. The molecule has 0 aromatic rings. The standard InChI is InChI=1S/C19H37P.C3H8/c1-17-13-9-7-8-12-16-20-19(17,2)18-14-10-5-3-4-6-11-15-18;1-3-2/h17-18,20H,3-16H2,1-2H3;3H2,1-2H3. The first-order chi connectivity index (χ1) is 11.1. The first kappa shape index (κ1) is 21.5. The predicted octanol–water partition coefficient (Wildman–Crippen LogP) is 8.19. The van der Waals surface area contributed by atoms with Gasteiger partial charge in [0, 0.05) is 0 Å². The molecule has 1 heteroatoms. The van der Waals surface area contributed by atoms with Crippen molar-refractivity contribution in [1.82, 2.24) is 0 Å². The SMILES string of the molecule is CC1CCCCCCPC1(C)C1CCCCCCCC1.CCC. The Morgan fingerprint density at radius 2 is 1.17 bits per heavy atom. The molecular weight excluding hydrogens is 295 g/mol. The Labute approximate surface area is 149 Å². The molecule has 138 valence electrons. The van der Waals surface area contributed by atoms with Crippen molar-refractivity contribution >= 4 is 8.58 Å². The molecular formula is C22H45P. The minimum Gasteiger partial charge on any atom is -0.115 e. The van der Waals surface area contributed by atoms with Gasteiger partial charge in [-0.05, 0) is 48.8 Å². The third kappa shape index (κ3) is 7.90. The summed E-state index contributed by atoms with van der Waals surface area (Å²) in [5, 5.41) is 0.675. The monoisotopic (exact) mass is 340 g/mol. The van der Waals surface area contributed by atoms with E-state index in [0.717, 1.165) is 11.8 Å². The van der Waals surface area contributed by atoms with Crippen LogP contribution in [0.5, 0.6) is 0 Å². The van der Waals surface area contributed by atoms with Gasteiger partial charge in [0.25, 0.3) is 0 Å². The van der Waals surface area contributed by atoms with E-state index in [9.17, 15) is 0 Å². The molecule has 1 heterocycles. The van der Waals surface area contributed by atoms with E-state index in [1.165, 1.54) is 105 Å². The largest absolute Gasteiger partial charge is 0.115 e. The summed E-state index contributed by atoms with van der Waals surface area (Å²) >= 11 is 0. The van der Waals surface area contributed by atoms with Crippen molar-refractivity contribution < 1.29 is 0 Å². The highest BCUT2D eigenvalue weighted by atomic mass is 31.1. The second-order valence-electron chi connectivity index (χ2n) is 8.42. The molecule has 2 rings (SSSR count). The molecule has 23 heavy (non-hydrogen) atoms. The lowest BCUT2D eigenvalue weighted by Gasteiger charge is -2.43. The van der Waals surface area contributed by atoms with Crippen LogP contribution in [0.15, 0.2) is 0 Å². The molecule has 0 aromatic carbocycles. The second kappa shape index (κ2) is 12.7. The van der Waals surface area contributed by atoms with E-state index in [1.807, 2.05) is 0 Å². The van der Waals surface area contributed by atoms with Crippen LogP contribution in [-0.4, -0.2) is 11.3 Å². The van der Waals surface area contributed by atoms with E-state index in [4.69, 9.17) is 0 Å². The molecule has 3 unspecified atom stereocenters. The van der Waals surface area contributed by atoms with Crippen LogP contribution in [0.2, 0.25) is 0 Å². The quantitative estimate of drug-likeness (QED) is 0.422. The summed E-state index contributed by atoms with van der Waals surface area (Å²) in [5.74, 6) is 2.00. The molecule has 0 spiro atoms. The zero-order chi connectivity index (χ0) is 17.0. The van der Waals surface area contributed by atoms with Gasteiger partial charge in [-0.3, -0.25) is 0 Å². The molecule has 1 aliphatic carbocycles. The maximum Gasteiger partial charge on any atom is -0.00964 e. The molecule has 0 nitrogen and oxygen atoms in total. The normalized spacial score (nSPS) is 33.1. The fraction of sp³-hybridized carbons (Fsp3) is 1.00. The smallest absolute Gasteiger partial charge is 0.00964 e. The Morgan fingerprint density at radius 1 is 0.739 bits per heavy atom. The summed E-state index contributed by atoms with van der Waals surface area (Å²) in [7, 11) is 1.23. The van der Waals surface area contributed by atoms with Crippen LogP contribution in [0.1, 0.15) is 118 Å². The Kier molecular flexibility index (Phi) is 11.9. The zero-order valence-electron chi connectivity index (χ0n) is 16.8. The minimum atomic E-state index is 0.675. The highest BCUT2D eigenvalue weighted by Gasteiger charge is 2.38. The molecule has 2 fully saturated rings. The average Bonchev–Trinajstić information content (AvgIpc) is 2.72. The van der Waals surface area contributed by atoms with E-state index in [1.54, 1.807) is 0 Å². The van der Waals surface area contributed by atoms with Crippen molar-refractivity contribution in [3.05, 3.63) is 0 Å². The lowest BCUT2D eigenvalue weighted by Crippen LogP contribution is -2.37. The van der Waals surface area contributed by atoms with E-state index < -0.39 is 0 Å². The molecule has 1 aliphatic heterocycles. The van der Waals surface area contributed by atoms with Gasteiger partial charge >= 0.3 is 0 Å². The highest BCUT2D eigenvalue weighted by molar-refractivity contribution is 7.40. The summed E-state index contributed by atoms with van der Waals surface area (Å²) < 4.78 is 0. The van der Waals surface area contributed by atoms with E-state index >= 15 is 0 Å². The van der Waals surface area contributed by atoms with Crippen LogP contribution in [0, 0.1) is 11.8 Å². The second-order valence-corrected chi connectivity index (χ2v) is 10.3. The van der Waals surface area contributed by atoms with E-state index in [0.29, 0.717) is 5.16 Å². The van der Waals surface area contributed by atoms with Crippen molar-refractivity contribution in [2.75, 3.05) is 6.16 Å². The lowest BCUT2D eigenvalue weighted by molar-refractivity contribution is 0.249. The van der Waals surface area contributed by atoms with Crippen LogP contribution in [-0.2, 0) is 0 Å². The summed E-state index contributed by atoms with van der Waals surface area (Å²) in [6.07, 6.45) is 22.4. The van der Waals surface area contributed by atoms with Crippen molar-refractivity contribution in [1.29, 1.82) is 0 Å². The maximum atomic E-state index is 2.68. The van der Waals surface area contributed by atoms with Crippen molar-refractivity contribution in [3.63, 3.8) is 0 Å². The predicted molar refractivity (Wildman–Crippen MR) is 110 cm³/mol. The molecule has 0 aromatic heterocycles. The number of hydrogen-bond acceptors (Lipinski definition) is 0. The minimum absolute atomic E-state index is 0.675. The average molecular weight is 341 g/mol. The van der Waals surface area contributed by atoms with Gasteiger partial charge in [0.2, 0.25) is 0 Å². The molecule has 1 saturated heterocycles. The van der Waals surface area contributed by atoms with Crippen molar-refractivity contribution in [3.8, 4) is 0 Å². The van der Waals surface area contributed by atoms with Crippen LogP contribution < -0.4 is 0 Å². The molecule has 2 aliphatic rings. The third-order valence-corrected chi connectivity index (χ3v) is 8.56. The molecule has 0 N–H and O–H groups in total. The third-order valence-electron chi connectivity index (χ3n) is 6.30. The Bertz CT molecular complexity index is 265.